The molecule has 1 unspecified atom stereocenters. The van der Waals surface area contributed by atoms with E-state index in [4.69, 9.17) is 10.5 Å². The Hall–Kier alpha value is -3.43. The van der Waals surface area contributed by atoms with Gasteiger partial charge in [-0.3, -0.25) is 19.2 Å². The average molecular weight is 571 g/mol. The summed E-state index contributed by atoms with van der Waals surface area (Å²) >= 11 is 0. The number of rotatable bonds is 9. The highest BCUT2D eigenvalue weighted by molar-refractivity contribution is 6.37. The summed E-state index contributed by atoms with van der Waals surface area (Å²) in [5.74, 6) is -2.67. The van der Waals surface area contributed by atoms with Crippen molar-refractivity contribution in [2.24, 2.45) is 17.6 Å². The number of nitrogens with one attached hydrogen (secondary N) is 2. The first-order chi connectivity index (χ1) is 19.3. The molecule has 3 aliphatic rings. The average Bonchev–Trinajstić information content (AvgIpc) is 3.39. The fourth-order valence-corrected chi connectivity index (χ4v) is 5.48. The maximum absolute atomic E-state index is 13.9. The predicted octanol–water partition coefficient (Wildman–Crippen LogP) is 3.04. The molecule has 2 aliphatic carbocycles. The van der Waals surface area contributed by atoms with Crippen molar-refractivity contribution in [2.75, 3.05) is 6.54 Å². The number of hydrogen-bond donors (Lipinski definition) is 3. The number of alkyl carbamates (subject to hydrolysis) is 1. The first-order valence-electron chi connectivity index (χ1n) is 14.8. The van der Waals surface area contributed by atoms with Crippen LogP contribution in [-0.4, -0.2) is 64.8 Å². The Morgan fingerprint density at radius 2 is 1.59 bits per heavy atom. The number of fused-ring (bicyclic) bond motifs is 1. The van der Waals surface area contributed by atoms with E-state index in [0.717, 1.165) is 24.0 Å². The van der Waals surface area contributed by atoms with E-state index in [0.29, 0.717) is 38.6 Å². The zero-order valence-corrected chi connectivity index (χ0v) is 25.0. The molecule has 0 spiro atoms. The monoisotopic (exact) mass is 570 g/mol. The second kappa shape index (κ2) is 14.0. The zero-order chi connectivity index (χ0) is 30.3. The van der Waals surface area contributed by atoms with Gasteiger partial charge < -0.3 is 26.0 Å². The Morgan fingerprint density at radius 1 is 1.00 bits per heavy atom. The van der Waals surface area contributed by atoms with Crippen molar-refractivity contribution in [1.82, 2.24) is 15.5 Å². The number of ether oxygens (including phenoxy) is 1. The van der Waals surface area contributed by atoms with Gasteiger partial charge in [0.25, 0.3) is 5.91 Å². The summed E-state index contributed by atoms with van der Waals surface area (Å²) in [7, 11) is 0. The van der Waals surface area contributed by atoms with E-state index in [1.807, 2.05) is 24.3 Å². The SMILES string of the molecule is CC(C)(C)OC(=O)N[C@H](C(=O)N1CCC[C@H]1C(=O)NC(CC1CC1)C(=O)C(N)=O)C1Cc2ccccc2C1.CCC. The van der Waals surface area contributed by atoms with Crippen LogP contribution in [0.2, 0.25) is 0 Å². The van der Waals surface area contributed by atoms with Crippen molar-refractivity contribution < 1.29 is 28.7 Å². The molecule has 41 heavy (non-hydrogen) atoms. The minimum Gasteiger partial charge on any atom is -0.444 e. The molecule has 1 aromatic rings. The second-order valence-corrected chi connectivity index (χ2v) is 12.4. The van der Waals surface area contributed by atoms with Gasteiger partial charge in [0.15, 0.2) is 0 Å². The maximum atomic E-state index is 13.9. The van der Waals surface area contributed by atoms with Crippen LogP contribution in [-0.2, 0) is 36.8 Å². The Bertz CT molecular complexity index is 1100. The summed E-state index contributed by atoms with van der Waals surface area (Å²) < 4.78 is 5.45. The molecule has 10 heteroatoms. The molecule has 0 radical (unpaired) electrons. The quantitative estimate of drug-likeness (QED) is 0.389. The number of carbonyl (C=O) groups is 5. The number of Topliss-reactive ketones (excluding diaryl/α,β-unsaturated/α-hetero) is 1. The molecule has 3 atom stereocenters. The minimum absolute atomic E-state index is 0.198. The van der Waals surface area contributed by atoms with Crippen molar-refractivity contribution in [3.63, 3.8) is 0 Å². The van der Waals surface area contributed by atoms with Gasteiger partial charge in [-0.2, -0.15) is 0 Å². The second-order valence-electron chi connectivity index (χ2n) is 12.4. The van der Waals surface area contributed by atoms with Crippen LogP contribution in [0.25, 0.3) is 0 Å². The van der Waals surface area contributed by atoms with Gasteiger partial charge in [-0.25, -0.2) is 4.79 Å². The van der Waals surface area contributed by atoms with Crippen LogP contribution in [0.3, 0.4) is 0 Å². The van der Waals surface area contributed by atoms with E-state index in [-0.39, 0.29) is 17.7 Å². The lowest BCUT2D eigenvalue weighted by atomic mass is 9.95. The van der Waals surface area contributed by atoms with Crippen molar-refractivity contribution in [3.8, 4) is 0 Å². The summed E-state index contributed by atoms with van der Waals surface area (Å²) in [6.07, 6.45) is 5.05. The van der Waals surface area contributed by atoms with Gasteiger partial charge in [0.1, 0.15) is 17.7 Å². The topological polar surface area (TPSA) is 148 Å². The molecule has 0 aromatic heterocycles. The molecule has 4 N–H and O–H groups in total. The molecule has 10 nitrogen and oxygen atoms in total. The fourth-order valence-electron chi connectivity index (χ4n) is 5.48. The number of ketones is 1. The molecule has 1 aliphatic heterocycles. The highest BCUT2D eigenvalue weighted by atomic mass is 16.6. The summed E-state index contributed by atoms with van der Waals surface area (Å²) in [5.41, 5.74) is 6.74. The molecule has 1 aromatic carbocycles. The van der Waals surface area contributed by atoms with Crippen LogP contribution >= 0.6 is 0 Å². The number of amides is 4. The van der Waals surface area contributed by atoms with Crippen LogP contribution in [0.15, 0.2) is 24.3 Å². The third kappa shape index (κ3) is 9.03. The summed E-state index contributed by atoms with van der Waals surface area (Å²) in [4.78, 5) is 65.4. The molecule has 4 amide bonds. The molecular formula is C31H46N4O6. The maximum Gasteiger partial charge on any atom is 0.408 e. The van der Waals surface area contributed by atoms with Gasteiger partial charge in [0.05, 0.1) is 6.04 Å². The lowest BCUT2D eigenvalue weighted by molar-refractivity contribution is -0.143. The van der Waals surface area contributed by atoms with Gasteiger partial charge in [0.2, 0.25) is 17.6 Å². The molecule has 1 saturated carbocycles. The molecule has 2 fully saturated rings. The fraction of sp³-hybridized carbons (Fsp3) is 0.645. The predicted molar refractivity (Wildman–Crippen MR) is 155 cm³/mol. The van der Waals surface area contributed by atoms with Crippen LogP contribution in [0, 0.1) is 11.8 Å². The molecule has 226 valence electrons. The largest absolute Gasteiger partial charge is 0.444 e. The summed E-state index contributed by atoms with van der Waals surface area (Å²) in [5, 5.41) is 5.49. The number of hydrogen-bond acceptors (Lipinski definition) is 6. The third-order valence-electron chi connectivity index (χ3n) is 7.47. The first-order valence-corrected chi connectivity index (χ1v) is 14.8. The van der Waals surface area contributed by atoms with Gasteiger partial charge in [-0.15, -0.1) is 0 Å². The van der Waals surface area contributed by atoms with Crippen molar-refractivity contribution in [2.45, 2.75) is 110 Å². The van der Waals surface area contributed by atoms with Gasteiger partial charge in [-0.05, 0) is 75.8 Å². The van der Waals surface area contributed by atoms with E-state index in [2.05, 4.69) is 24.5 Å². The van der Waals surface area contributed by atoms with Gasteiger partial charge in [-0.1, -0.05) is 57.4 Å². The van der Waals surface area contributed by atoms with Crippen molar-refractivity contribution in [3.05, 3.63) is 35.4 Å². The molecule has 1 heterocycles. The lowest BCUT2D eigenvalue weighted by Crippen LogP contribution is -2.58. The smallest absolute Gasteiger partial charge is 0.408 e. The minimum atomic E-state index is -1.09. The number of benzene rings is 1. The van der Waals surface area contributed by atoms with Crippen molar-refractivity contribution in [1.29, 1.82) is 0 Å². The lowest BCUT2D eigenvalue weighted by Gasteiger charge is -2.32. The third-order valence-corrected chi connectivity index (χ3v) is 7.47. The number of likely N-dealkylation sites (tertiary alicyclic amines) is 1. The zero-order valence-electron chi connectivity index (χ0n) is 25.0. The standard InChI is InChI=1S/C28H38N4O6.C3H8/c1-28(2,3)38-27(37)31-22(19-14-17-7-4-5-8-18(17)15-19)26(36)32-12-6-9-21(32)25(35)30-20(13-16-10-11-16)23(33)24(29)34;1-3-2/h4-5,7-8,16,19-22H,6,9-15H2,1-3H3,(H2,29,34)(H,30,35)(H,31,37);3H2,1-2H3/t20?,21-,22-;/m0./s1. The van der Waals surface area contributed by atoms with Crippen LogP contribution in [0.5, 0.6) is 0 Å². The van der Waals surface area contributed by atoms with E-state index in [9.17, 15) is 24.0 Å². The number of carbonyl (C=O) groups excluding carboxylic acids is 5. The highest BCUT2D eigenvalue weighted by Crippen LogP contribution is 2.34. The van der Waals surface area contributed by atoms with Gasteiger partial charge in [0, 0.05) is 6.54 Å². The van der Waals surface area contributed by atoms with E-state index in [1.54, 1.807) is 20.8 Å². The van der Waals surface area contributed by atoms with E-state index in [1.165, 1.54) is 11.3 Å². The highest BCUT2D eigenvalue weighted by Gasteiger charge is 2.43. The normalized spacial score (nSPS) is 19.7. The van der Waals surface area contributed by atoms with Crippen LogP contribution in [0.4, 0.5) is 4.79 Å². The van der Waals surface area contributed by atoms with Crippen molar-refractivity contribution >= 4 is 29.6 Å². The molecule has 4 rings (SSSR count). The molecule has 1 saturated heterocycles. The van der Waals surface area contributed by atoms with Gasteiger partial charge >= 0.3 is 6.09 Å². The first kappa shape index (κ1) is 32.1. The number of nitrogens with zero attached hydrogens (tertiary/aromatic N) is 1. The van der Waals surface area contributed by atoms with E-state index < -0.39 is 47.4 Å². The van der Waals surface area contributed by atoms with E-state index >= 15 is 0 Å². The summed E-state index contributed by atoms with van der Waals surface area (Å²) in [6.45, 7) is 9.85. The summed E-state index contributed by atoms with van der Waals surface area (Å²) in [6, 6.07) is 5.25. The number of nitrogens with two attached hydrogens (primary N) is 1. The Balaban J connectivity index is 0.00000147. The molecular weight excluding hydrogens is 524 g/mol. The van der Waals surface area contributed by atoms with Crippen LogP contribution in [0.1, 0.15) is 84.3 Å². The Kier molecular flexibility index (Phi) is 10.9. The number of primary amides is 1. The van der Waals surface area contributed by atoms with Crippen LogP contribution < -0.4 is 16.4 Å². The Labute approximate surface area is 243 Å². The Morgan fingerprint density at radius 3 is 2.10 bits per heavy atom. The molecule has 0 bridgehead atoms.